The van der Waals surface area contributed by atoms with E-state index in [4.69, 9.17) is 0 Å². The fourth-order valence-corrected chi connectivity index (χ4v) is 4.37. The summed E-state index contributed by atoms with van der Waals surface area (Å²) >= 11 is 0. The second-order valence-electron chi connectivity index (χ2n) is 7.59. The van der Waals surface area contributed by atoms with E-state index in [1.807, 2.05) is 30.3 Å². The molecule has 4 rings (SSSR count). The highest BCUT2D eigenvalue weighted by atomic mass is 16.4. The van der Waals surface area contributed by atoms with E-state index in [0.29, 0.717) is 0 Å². The highest BCUT2D eigenvalue weighted by Crippen LogP contribution is 2.28. The number of carboxylic acid groups (broad SMARTS) is 1. The van der Waals surface area contributed by atoms with Gasteiger partial charge in [-0.15, -0.1) is 0 Å². The van der Waals surface area contributed by atoms with Crippen LogP contribution in [0.4, 0.5) is 0 Å². The molecule has 28 heavy (non-hydrogen) atoms. The molecule has 0 bridgehead atoms. The lowest BCUT2D eigenvalue weighted by molar-refractivity contribution is -0.143. The SMILES string of the molecule is C[C@@H](N[C@H]1CCN(C(C(=O)O)c2ccccc2)C1)c1cccc2ccccc12. The highest BCUT2D eigenvalue weighted by Gasteiger charge is 2.33. The Bertz CT molecular complexity index is 952. The van der Waals surface area contributed by atoms with E-state index in [1.165, 1.54) is 16.3 Å². The van der Waals surface area contributed by atoms with Crippen molar-refractivity contribution in [3.8, 4) is 0 Å². The molecule has 3 aromatic rings. The molecule has 3 atom stereocenters. The maximum Gasteiger partial charge on any atom is 0.325 e. The predicted molar refractivity (Wildman–Crippen MR) is 112 cm³/mol. The average Bonchev–Trinajstić information content (AvgIpc) is 3.16. The van der Waals surface area contributed by atoms with Crippen LogP contribution < -0.4 is 5.32 Å². The van der Waals surface area contributed by atoms with Gasteiger partial charge in [0.05, 0.1) is 0 Å². The molecular formula is C24H26N2O2. The number of aliphatic carboxylic acids is 1. The zero-order chi connectivity index (χ0) is 19.5. The van der Waals surface area contributed by atoms with Crippen molar-refractivity contribution in [3.63, 3.8) is 0 Å². The first-order valence-corrected chi connectivity index (χ1v) is 9.89. The molecule has 1 fully saturated rings. The van der Waals surface area contributed by atoms with Gasteiger partial charge in [0.25, 0.3) is 0 Å². The summed E-state index contributed by atoms with van der Waals surface area (Å²) in [6, 6.07) is 24.3. The Kier molecular flexibility index (Phi) is 5.42. The first-order valence-electron chi connectivity index (χ1n) is 9.89. The van der Waals surface area contributed by atoms with Gasteiger partial charge in [-0.3, -0.25) is 9.69 Å². The summed E-state index contributed by atoms with van der Waals surface area (Å²) in [5.74, 6) is -0.783. The first-order chi connectivity index (χ1) is 13.6. The quantitative estimate of drug-likeness (QED) is 0.672. The van der Waals surface area contributed by atoms with E-state index in [1.54, 1.807) is 0 Å². The topological polar surface area (TPSA) is 52.6 Å². The van der Waals surface area contributed by atoms with E-state index in [2.05, 4.69) is 59.6 Å². The Balaban J connectivity index is 1.47. The molecule has 0 aromatic heterocycles. The van der Waals surface area contributed by atoms with Crippen molar-refractivity contribution in [1.82, 2.24) is 10.2 Å². The largest absolute Gasteiger partial charge is 0.480 e. The Morgan fingerprint density at radius 3 is 2.54 bits per heavy atom. The summed E-state index contributed by atoms with van der Waals surface area (Å²) in [6.07, 6.45) is 0.950. The molecule has 1 aliphatic rings. The Hall–Kier alpha value is -2.69. The van der Waals surface area contributed by atoms with Crippen molar-refractivity contribution in [3.05, 3.63) is 83.9 Å². The molecule has 144 valence electrons. The van der Waals surface area contributed by atoms with Gasteiger partial charge in [0.2, 0.25) is 0 Å². The lowest BCUT2D eigenvalue weighted by atomic mass is 9.99. The molecule has 0 saturated carbocycles. The Morgan fingerprint density at radius 2 is 1.75 bits per heavy atom. The van der Waals surface area contributed by atoms with Gasteiger partial charge in [0.15, 0.2) is 0 Å². The van der Waals surface area contributed by atoms with Gasteiger partial charge < -0.3 is 10.4 Å². The maximum absolute atomic E-state index is 11.9. The van der Waals surface area contributed by atoms with Crippen LogP contribution in [0.3, 0.4) is 0 Å². The lowest BCUT2D eigenvalue weighted by Gasteiger charge is -2.26. The number of nitrogens with zero attached hydrogens (tertiary/aromatic N) is 1. The van der Waals surface area contributed by atoms with Crippen LogP contribution in [0, 0.1) is 0 Å². The summed E-state index contributed by atoms with van der Waals surface area (Å²) in [7, 11) is 0. The molecule has 1 saturated heterocycles. The van der Waals surface area contributed by atoms with E-state index in [0.717, 1.165) is 25.1 Å². The van der Waals surface area contributed by atoms with Crippen molar-refractivity contribution >= 4 is 16.7 Å². The lowest BCUT2D eigenvalue weighted by Crippen LogP contribution is -2.37. The standard InChI is InChI=1S/C24H26N2O2/c1-17(21-13-7-11-18-8-5-6-12-22(18)21)25-20-14-15-26(16-20)23(24(27)28)19-9-3-2-4-10-19/h2-13,17,20,23,25H,14-16H2,1H3,(H,27,28)/t17-,20+,23?/m1/s1. The van der Waals surface area contributed by atoms with Crippen LogP contribution >= 0.6 is 0 Å². The summed E-state index contributed by atoms with van der Waals surface area (Å²) in [5.41, 5.74) is 2.13. The van der Waals surface area contributed by atoms with Crippen LogP contribution in [0.15, 0.2) is 72.8 Å². The molecule has 2 N–H and O–H groups in total. The summed E-state index contributed by atoms with van der Waals surface area (Å²) < 4.78 is 0. The maximum atomic E-state index is 11.9. The van der Waals surface area contributed by atoms with Crippen LogP contribution in [-0.4, -0.2) is 35.1 Å². The summed E-state index contributed by atoms with van der Waals surface area (Å²) in [4.78, 5) is 14.0. The molecule has 0 spiro atoms. The second-order valence-corrected chi connectivity index (χ2v) is 7.59. The number of benzene rings is 3. The molecule has 1 heterocycles. The minimum atomic E-state index is -0.783. The van der Waals surface area contributed by atoms with Crippen LogP contribution in [0.25, 0.3) is 10.8 Å². The fourth-order valence-electron chi connectivity index (χ4n) is 4.37. The van der Waals surface area contributed by atoms with E-state index >= 15 is 0 Å². The molecule has 1 unspecified atom stereocenters. The van der Waals surface area contributed by atoms with Crippen molar-refractivity contribution in [2.45, 2.75) is 31.5 Å². The number of nitrogens with one attached hydrogen (secondary N) is 1. The monoisotopic (exact) mass is 374 g/mol. The average molecular weight is 374 g/mol. The molecule has 0 amide bonds. The van der Waals surface area contributed by atoms with E-state index in [9.17, 15) is 9.90 Å². The molecule has 0 radical (unpaired) electrons. The smallest absolute Gasteiger partial charge is 0.325 e. The highest BCUT2D eigenvalue weighted by molar-refractivity contribution is 5.86. The van der Waals surface area contributed by atoms with Crippen molar-refractivity contribution < 1.29 is 9.90 Å². The Labute approximate surface area is 165 Å². The van der Waals surface area contributed by atoms with E-state index in [-0.39, 0.29) is 12.1 Å². The summed E-state index contributed by atoms with van der Waals surface area (Å²) in [6.45, 7) is 3.71. The zero-order valence-corrected chi connectivity index (χ0v) is 16.1. The van der Waals surface area contributed by atoms with Crippen molar-refractivity contribution in [2.24, 2.45) is 0 Å². The number of rotatable bonds is 6. The predicted octanol–water partition coefficient (Wildman–Crippen LogP) is 4.39. The number of likely N-dealkylation sites (tertiary alicyclic amines) is 1. The third-order valence-electron chi connectivity index (χ3n) is 5.71. The van der Waals surface area contributed by atoms with Gasteiger partial charge in [0.1, 0.15) is 6.04 Å². The van der Waals surface area contributed by atoms with Gasteiger partial charge >= 0.3 is 5.97 Å². The third kappa shape index (κ3) is 3.79. The minimum Gasteiger partial charge on any atom is -0.480 e. The fraction of sp³-hybridized carbons (Fsp3) is 0.292. The van der Waals surface area contributed by atoms with Gasteiger partial charge in [-0.1, -0.05) is 72.8 Å². The van der Waals surface area contributed by atoms with E-state index < -0.39 is 12.0 Å². The molecular weight excluding hydrogens is 348 g/mol. The molecule has 1 aliphatic heterocycles. The summed E-state index contributed by atoms with van der Waals surface area (Å²) in [5, 5.41) is 16.0. The molecule has 4 nitrogen and oxygen atoms in total. The minimum absolute atomic E-state index is 0.205. The van der Waals surface area contributed by atoms with Crippen LogP contribution in [0.2, 0.25) is 0 Å². The third-order valence-corrected chi connectivity index (χ3v) is 5.71. The van der Waals surface area contributed by atoms with Crippen LogP contribution in [0.1, 0.15) is 36.6 Å². The first kappa shape index (κ1) is 18.7. The Morgan fingerprint density at radius 1 is 1.04 bits per heavy atom. The van der Waals surface area contributed by atoms with Gasteiger partial charge in [-0.05, 0) is 35.2 Å². The number of hydrogen-bond acceptors (Lipinski definition) is 3. The normalized spacial score (nSPS) is 19.5. The van der Waals surface area contributed by atoms with Crippen molar-refractivity contribution in [1.29, 1.82) is 0 Å². The van der Waals surface area contributed by atoms with Crippen LogP contribution in [0.5, 0.6) is 0 Å². The molecule has 3 aromatic carbocycles. The van der Waals surface area contributed by atoms with Gasteiger partial charge in [-0.25, -0.2) is 0 Å². The van der Waals surface area contributed by atoms with Gasteiger partial charge in [0, 0.05) is 25.2 Å². The van der Waals surface area contributed by atoms with Crippen molar-refractivity contribution in [2.75, 3.05) is 13.1 Å². The molecule has 4 heteroatoms. The number of carboxylic acids is 1. The number of carbonyl (C=O) groups is 1. The second kappa shape index (κ2) is 8.13. The number of fused-ring (bicyclic) bond motifs is 1. The zero-order valence-electron chi connectivity index (χ0n) is 16.1. The number of hydrogen-bond donors (Lipinski definition) is 2. The molecule has 0 aliphatic carbocycles. The van der Waals surface area contributed by atoms with Gasteiger partial charge in [-0.2, -0.15) is 0 Å². The van der Waals surface area contributed by atoms with Crippen LogP contribution in [-0.2, 0) is 4.79 Å².